The predicted molar refractivity (Wildman–Crippen MR) is 76.5 cm³/mol. The van der Waals surface area contributed by atoms with Gasteiger partial charge in [0, 0.05) is 6.54 Å². The van der Waals surface area contributed by atoms with Crippen LogP contribution >= 0.6 is 0 Å². The molecule has 5 heteroatoms. The molecule has 20 heavy (non-hydrogen) atoms. The molecule has 0 heterocycles. The number of carbonyl (C=O) groups excluding carboxylic acids is 1. The third kappa shape index (κ3) is 3.64. The Morgan fingerprint density at radius 2 is 1.75 bits per heavy atom. The van der Waals surface area contributed by atoms with Gasteiger partial charge in [0.05, 0.1) is 0 Å². The number of hydrogen-bond donors (Lipinski definition) is 3. The summed E-state index contributed by atoms with van der Waals surface area (Å²) in [4.78, 5) is 23.5. The molecule has 0 unspecified atom stereocenters. The van der Waals surface area contributed by atoms with E-state index in [0.29, 0.717) is 31.2 Å². The lowest BCUT2D eigenvalue weighted by Gasteiger charge is -2.36. The van der Waals surface area contributed by atoms with E-state index >= 15 is 0 Å². The number of hydrogen-bond acceptors (Lipinski definition) is 2. The molecule has 2 amide bonds. The zero-order valence-electron chi connectivity index (χ0n) is 12.3. The van der Waals surface area contributed by atoms with Crippen molar-refractivity contribution in [3.8, 4) is 0 Å². The Morgan fingerprint density at radius 3 is 2.30 bits per heavy atom. The number of carboxylic acids is 1. The average Bonchev–Trinajstić information content (AvgIpc) is 2.92. The molecule has 0 saturated heterocycles. The molecule has 0 bridgehead atoms. The van der Waals surface area contributed by atoms with Crippen LogP contribution in [0.2, 0.25) is 0 Å². The lowest BCUT2D eigenvalue weighted by molar-refractivity contribution is -0.146. The quantitative estimate of drug-likeness (QED) is 0.741. The van der Waals surface area contributed by atoms with Crippen molar-refractivity contribution in [3.05, 3.63) is 0 Å². The number of urea groups is 1. The fourth-order valence-corrected chi connectivity index (χ4v) is 3.36. The van der Waals surface area contributed by atoms with E-state index in [4.69, 9.17) is 0 Å². The standard InChI is InChI=1S/C15H26N2O3/c1-11-6-8-15(9-7-11,13(18)19)17-14(20)16-10-12-4-2-3-5-12/h11-12H,2-10H2,1H3,(H,18,19)(H2,16,17,20). The Hall–Kier alpha value is -1.26. The summed E-state index contributed by atoms with van der Waals surface area (Å²) in [5, 5.41) is 15.0. The summed E-state index contributed by atoms with van der Waals surface area (Å²) in [6.45, 7) is 2.80. The Balaban J connectivity index is 1.84. The summed E-state index contributed by atoms with van der Waals surface area (Å²) >= 11 is 0. The Bertz CT molecular complexity index is 356. The van der Waals surface area contributed by atoms with Crippen molar-refractivity contribution in [2.75, 3.05) is 6.54 Å². The summed E-state index contributed by atoms with van der Waals surface area (Å²) in [5.74, 6) is 0.208. The fraction of sp³-hybridized carbons (Fsp3) is 0.867. The highest BCUT2D eigenvalue weighted by atomic mass is 16.4. The van der Waals surface area contributed by atoms with Crippen molar-refractivity contribution in [1.29, 1.82) is 0 Å². The molecule has 2 saturated carbocycles. The molecule has 114 valence electrons. The monoisotopic (exact) mass is 282 g/mol. The molecule has 2 aliphatic carbocycles. The van der Waals surface area contributed by atoms with Gasteiger partial charge in [-0.3, -0.25) is 0 Å². The van der Waals surface area contributed by atoms with Gasteiger partial charge in [0.1, 0.15) is 5.54 Å². The molecule has 0 aliphatic heterocycles. The summed E-state index contributed by atoms with van der Waals surface area (Å²) in [6.07, 6.45) is 7.59. The Kier molecular flexibility index (Phi) is 4.89. The second kappa shape index (κ2) is 6.46. The Morgan fingerprint density at radius 1 is 1.15 bits per heavy atom. The molecule has 5 nitrogen and oxygen atoms in total. The summed E-state index contributed by atoms with van der Waals surface area (Å²) in [6, 6.07) is -0.325. The van der Waals surface area contributed by atoms with Crippen LogP contribution in [0.5, 0.6) is 0 Å². The van der Waals surface area contributed by atoms with Crippen molar-refractivity contribution < 1.29 is 14.7 Å². The summed E-state index contributed by atoms with van der Waals surface area (Å²) in [5.41, 5.74) is -1.06. The van der Waals surface area contributed by atoms with Crippen molar-refractivity contribution in [3.63, 3.8) is 0 Å². The molecular weight excluding hydrogens is 256 g/mol. The Labute approximate surface area is 120 Å². The molecule has 0 atom stereocenters. The van der Waals surface area contributed by atoms with Gasteiger partial charge in [-0.05, 0) is 50.4 Å². The highest BCUT2D eigenvalue weighted by Gasteiger charge is 2.42. The first-order valence-electron chi connectivity index (χ1n) is 7.81. The van der Waals surface area contributed by atoms with Gasteiger partial charge in [-0.2, -0.15) is 0 Å². The van der Waals surface area contributed by atoms with Crippen molar-refractivity contribution in [1.82, 2.24) is 10.6 Å². The van der Waals surface area contributed by atoms with Crippen LogP contribution in [0.15, 0.2) is 0 Å². The van der Waals surface area contributed by atoms with Gasteiger partial charge in [0.15, 0.2) is 0 Å². The number of carboxylic acid groups (broad SMARTS) is 1. The largest absolute Gasteiger partial charge is 0.480 e. The molecule has 0 aromatic rings. The maximum absolute atomic E-state index is 12.0. The summed E-state index contributed by atoms with van der Waals surface area (Å²) < 4.78 is 0. The van der Waals surface area contributed by atoms with Gasteiger partial charge in [-0.15, -0.1) is 0 Å². The number of rotatable bonds is 4. The van der Waals surface area contributed by atoms with Crippen LogP contribution in [-0.4, -0.2) is 29.2 Å². The van der Waals surface area contributed by atoms with Gasteiger partial charge < -0.3 is 15.7 Å². The first-order chi connectivity index (χ1) is 9.52. The molecule has 2 aliphatic rings. The molecule has 0 radical (unpaired) electrons. The third-order valence-corrected chi connectivity index (χ3v) is 4.92. The lowest BCUT2D eigenvalue weighted by atomic mass is 9.77. The minimum absolute atomic E-state index is 0.325. The summed E-state index contributed by atoms with van der Waals surface area (Å²) in [7, 11) is 0. The number of aliphatic carboxylic acids is 1. The van der Waals surface area contributed by atoms with E-state index in [1.165, 1.54) is 25.7 Å². The number of nitrogens with one attached hydrogen (secondary N) is 2. The number of carbonyl (C=O) groups is 2. The van der Waals surface area contributed by atoms with Crippen molar-refractivity contribution >= 4 is 12.0 Å². The van der Waals surface area contributed by atoms with Gasteiger partial charge in [0.25, 0.3) is 0 Å². The van der Waals surface area contributed by atoms with Crippen LogP contribution in [0.25, 0.3) is 0 Å². The van der Waals surface area contributed by atoms with E-state index in [1.54, 1.807) is 0 Å². The molecular formula is C15H26N2O3. The van der Waals surface area contributed by atoms with E-state index in [1.807, 2.05) is 0 Å². The van der Waals surface area contributed by atoms with Gasteiger partial charge >= 0.3 is 12.0 Å². The van der Waals surface area contributed by atoms with E-state index in [9.17, 15) is 14.7 Å². The van der Waals surface area contributed by atoms with E-state index < -0.39 is 11.5 Å². The molecule has 0 aromatic heterocycles. The predicted octanol–water partition coefficient (Wildman–Crippen LogP) is 2.51. The van der Waals surface area contributed by atoms with Crippen LogP contribution in [0.4, 0.5) is 4.79 Å². The van der Waals surface area contributed by atoms with Crippen LogP contribution < -0.4 is 10.6 Å². The average molecular weight is 282 g/mol. The maximum Gasteiger partial charge on any atom is 0.329 e. The minimum Gasteiger partial charge on any atom is -0.480 e. The second-order valence-corrected chi connectivity index (χ2v) is 6.56. The SMILES string of the molecule is CC1CCC(NC(=O)NCC2CCCC2)(C(=O)O)CC1. The molecule has 0 spiro atoms. The zero-order valence-corrected chi connectivity index (χ0v) is 12.3. The molecule has 2 rings (SSSR count). The lowest BCUT2D eigenvalue weighted by Crippen LogP contribution is -2.58. The highest BCUT2D eigenvalue weighted by Crippen LogP contribution is 2.32. The van der Waals surface area contributed by atoms with Crippen molar-refractivity contribution in [2.45, 2.75) is 63.8 Å². The van der Waals surface area contributed by atoms with Gasteiger partial charge in [0.2, 0.25) is 0 Å². The van der Waals surface area contributed by atoms with Crippen LogP contribution in [-0.2, 0) is 4.79 Å². The fourth-order valence-electron chi connectivity index (χ4n) is 3.36. The topological polar surface area (TPSA) is 78.4 Å². The van der Waals surface area contributed by atoms with Gasteiger partial charge in [-0.1, -0.05) is 19.8 Å². The van der Waals surface area contributed by atoms with E-state index in [-0.39, 0.29) is 6.03 Å². The first-order valence-corrected chi connectivity index (χ1v) is 7.81. The number of amides is 2. The van der Waals surface area contributed by atoms with Crippen LogP contribution in [0, 0.1) is 11.8 Å². The minimum atomic E-state index is -1.06. The van der Waals surface area contributed by atoms with Crippen LogP contribution in [0.1, 0.15) is 58.3 Å². The third-order valence-electron chi connectivity index (χ3n) is 4.92. The maximum atomic E-state index is 12.0. The zero-order chi connectivity index (χ0) is 14.6. The smallest absolute Gasteiger partial charge is 0.329 e. The molecule has 0 aromatic carbocycles. The van der Waals surface area contributed by atoms with E-state index in [0.717, 1.165) is 12.8 Å². The second-order valence-electron chi connectivity index (χ2n) is 6.56. The first kappa shape index (κ1) is 15.1. The van der Waals surface area contributed by atoms with E-state index in [2.05, 4.69) is 17.6 Å². The highest BCUT2D eigenvalue weighted by molar-refractivity contribution is 5.86. The molecule has 3 N–H and O–H groups in total. The van der Waals surface area contributed by atoms with Crippen molar-refractivity contribution in [2.24, 2.45) is 11.8 Å². The van der Waals surface area contributed by atoms with Gasteiger partial charge in [-0.25, -0.2) is 9.59 Å². The van der Waals surface area contributed by atoms with Crippen LogP contribution in [0.3, 0.4) is 0 Å². The normalized spacial score (nSPS) is 30.9. The molecule has 2 fully saturated rings.